The summed E-state index contributed by atoms with van der Waals surface area (Å²) in [7, 11) is 1.55. The summed E-state index contributed by atoms with van der Waals surface area (Å²) in [6.07, 6.45) is -0.923. The van der Waals surface area contributed by atoms with E-state index in [1.165, 1.54) is 0 Å². The van der Waals surface area contributed by atoms with Gasteiger partial charge in [0.25, 0.3) is 0 Å². The Morgan fingerprint density at radius 2 is 1.53 bits per heavy atom. The number of aliphatic hydroxyl groups excluding tert-OH is 1. The van der Waals surface area contributed by atoms with E-state index in [4.69, 9.17) is 26.0 Å². The van der Waals surface area contributed by atoms with Gasteiger partial charge in [0.05, 0.1) is 39.6 Å². The van der Waals surface area contributed by atoms with Gasteiger partial charge in [-0.3, -0.25) is 0 Å². The predicted molar refractivity (Wildman–Crippen MR) is 58.7 cm³/mol. The molecule has 0 saturated carbocycles. The van der Waals surface area contributed by atoms with Gasteiger partial charge < -0.3 is 29.0 Å². The molecule has 0 bridgehead atoms. The molecule has 17 heavy (non-hydrogen) atoms. The molecular formula is C9H22N2O6. The third-order valence-corrected chi connectivity index (χ3v) is 1.89. The van der Waals surface area contributed by atoms with Gasteiger partial charge in [0.15, 0.2) is 0 Å². The minimum Gasteiger partial charge on any atom is -0.388 e. The summed E-state index contributed by atoms with van der Waals surface area (Å²) >= 11 is 0. The third kappa shape index (κ3) is 10.5. The average molecular weight is 254 g/mol. The molecule has 0 spiro atoms. The van der Waals surface area contributed by atoms with Crippen LogP contribution in [0.15, 0.2) is 0 Å². The fraction of sp³-hybridized carbons (Fsp3) is 1.00. The van der Waals surface area contributed by atoms with Crippen LogP contribution >= 0.6 is 0 Å². The molecule has 2 atom stereocenters. The highest BCUT2D eigenvalue weighted by molar-refractivity contribution is 4.53. The molecule has 104 valence electrons. The maximum atomic E-state index is 9.18. The predicted octanol–water partition coefficient (Wildman–Crippen LogP) is -1.82. The van der Waals surface area contributed by atoms with Crippen molar-refractivity contribution in [2.24, 2.45) is 11.8 Å². The lowest BCUT2D eigenvalue weighted by molar-refractivity contribution is -0.0614. The van der Waals surface area contributed by atoms with Crippen molar-refractivity contribution >= 4 is 0 Å². The Bertz CT molecular complexity index is 162. The quantitative estimate of drug-likeness (QED) is 0.275. The molecular weight excluding hydrogens is 232 g/mol. The van der Waals surface area contributed by atoms with Gasteiger partial charge in [0.2, 0.25) is 0 Å². The van der Waals surface area contributed by atoms with Crippen molar-refractivity contribution in [3.05, 3.63) is 0 Å². The molecule has 0 aromatic heterocycles. The first-order valence-corrected chi connectivity index (χ1v) is 5.24. The van der Waals surface area contributed by atoms with Crippen LogP contribution in [-0.4, -0.2) is 64.1 Å². The van der Waals surface area contributed by atoms with Crippen molar-refractivity contribution in [1.82, 2.24) is 0 Å². The smallest absolute Gasteiger partial charge is 0.106 e. The number of rotatable bonds is 12. The Labute approximate surface area is 101 Å². The lowest BCUT2D eigenvalue weighted by Crippen LogP contribution is -2.27. The first-order chi connectivity index (χ1) is 8.24. The van der Waals surface area contributed by atoms with Gasteiger partial charge in [-0.2, -0.15) is 0 Å². The second-order valence-corrected chi connectivity index (χ2v) is 3.33. The van der Waals surface area contributed by atoms with E-state index in [9.17, 15) is 5.11 Å². The van der Waals surface area contributed by atoms with Gasteiger partial charge in [0.1, 0.15) is 12.2 Å². The van der Waals surface area contributed by atoms with Gasteiger partial charge >= 0.3 is 0 Å². The lowest BCUT2D eigenvalue weighted by Gasteiger charge is -2.14. The molecule has 0 heterocycles. The molecule has 8 nitrogen and oxygen atoms in total. The number of hydrogen-bond donors (Lipinski definition) is 3. The minimum atomic E-state index is -0.725. The summed E-state index contributed by atoms with van der Waals surface area (Å²) < 4.78 is 15.4. The van der Waals surface area contributed by atoms with E-state index >= 15 is 0 Å². The van der Waals surface area contributed by atoms with E-state index < -0.39 is 6.10 Å². The molecule has 5 N–H and O–H groups in total. The van der Waals surface area contributed by atoms with Gasteiger partial charge in [-0.15, -0.1) is 0 Å². The summed E-state index contributed by atoms with van der Waals surface area (Å²) in [5.74, 6) is 9.69. The molecule has 0 saturated heterocycles. The van der Waals surface area contributed by atoms with Crippen molar-refractivity contribution in [1.29, 1.82) is 0 Å². The van der Waals surface area contributed by atoms with Crippen LogP contribution in [0, 0.1) is 0 Å². The van der Waals surface area contributed by atoms with Gasteiger partial charge in [0, 0.05) is 7.11 Å². The lowest BCUT2D eigenvalue weighted by atomic mass is 10.4. The zero-order valence-electron chi connectivity index (χ0n) is 10.0. The van der Waals surface area contributed by atoms with E-state index in [-0.39, 0.29) is 25.9 Å². The molecule has 0 rings (SSSR count). The van der Waals surface area contributed by atoms with Crippen LogP contribution in [0.3, 0.4) is 0 Å². The fourth-order valence-corrected chi connectivity index (χ4v) is 1.00. The van der Waals surface area contributed by atoms with E-state index in [1.54, 1.807) is 7.11 Å². The fourth-order valence-electron chi connectivity index (χ4n) is 1.00. The molecule has 8 heteroatoms. The first-order valence-electron chi connectivity index (χ1n) is 5.24. The van der Waals surface area contributed by atoms with Crippen LogP contribution in [0.25, 0.3) is 0 Å². The number of methoxy groups -OCH3 is 1. The summed E-state index contributed by atoms with van der Waals surface area (Å²) in [5.41, 5.74) is 0. The van der Waals surface area contributed by atoms with Crippen molar-refractivity contribution < 1.29 is 29.0 Å². The Morgan fingerprint density at radius 3 is 2.06 bits per heavy atom. The topological polar surface area (TPSA) is 118 Å². The second kappa shape index (κ2) is 12.1. The van der Waals surface area contributed by atoms with Crippen molar-refractivity contribution in [3.63, 3.8) is 0 Å². The highest BCUT2D eigenvalue weighted by Crippen LogP contribution is 1.92. The molecule has 0 aromatic rings. The Morgan fingerprint density at radius 1 is 0.941 bits per heavy atom. The van der Waals surface area contributed by atoms with Crippen molar-refractivity contribution in [2.45, 2.75) is 12.2 Å². The molecule has 0 radical (unpaired) electrons. The molecule has 0 fully saturated rings. The van der Waals surface area contributed by atoms with Crippen LogP contribution in [0.1, 0.15) is 0 Å². The van der Waals surface area contributed by atoms with Gasteiger partial charge in [-0.1, -0.05) is 0 Å². The SMILES string of the molecule is COC(CON)COCCOCC(O)CON. The maximum Gasteiger partial charge on any atom is 0.106 e. The number of ether oxygens (including phenoxy) is 3. The zero-order valence-corrected chi connectivity index (χ0v) is 10.0. The van der Waals surface area contributed by atoms with E-state index in [0.717, 1.165) is 0 Å². The first kappa shape index (κ1) is 16.7. The molecule has 0 amide bonds. The van der Waals surface area contributed by atoms with Crippen LogP contribution < -0.4 is 11.8 Å². The Balaban J connectivity index is 3.27. The van der Waals surface area contributed by atoms with Crippen LogP contribution in [0.5, 0.6) is 0 Å². The Kier molecular flexibility index (Phi) is 11.9. The maximum absolute atomic E-state index is 9.18. The van der Waals surface area contributed by atoms with E-state index in [1.807, 2.05) is 0 Å². The largest absolute Gasteiger partial charge is 0.388 e. The normalized spacial score (nSPS) is 14.8. The van der Waals surface area contributed by atoms with Crippen LogP contribution in [-0.2, 0) is 23.9 Å². The molecule has 2 unspecified atom stereocenters. The summed E-state index contributed by atoms with van der Waals surface area (Å²) in [5, 5.41) is 9.18. The number of aliphatic hydroxyl groups is 1. The third-order valence-electron chi connectivity index (χ3n) is 1.89. The van der Waals surface area contributed by atoms with Gasteiger partial charge in [-0.05, 0) is 0 Å². The molecule has 0 aromatic carbocycles. The van der Waals surface area contributed by atoms with Crippen molar-refractivity contribution in [2.75, 3.05) is 46.8 Å². The zero-order chi connectivity index (χ0) is 12.9. The molecule has 0 aliphatic carbocycles. The van der Waals surface area contributed by atoms with Gasteiger partial charge in [-0.25, -0.2) is 11.8 Å². The second-order valence-electron chi connectivity index (χ2n) is 3.33. The molecule has 0 aliphatic rings. The summed E-state index contributed by atoms with van der Waals surface area (Å²) in [6.45, 7) is 1.58. The van der Waals surface area contributed by atoms with E-state index in [2.05, 4.69) is 9.68 Å². The van der Waals surface area contributed by atoms with Crippen molar-refractivity contribution in [3.8, 4) is 0 Å². The monoisotopic (exact) mass is 254 g/mol. The Hall–Kier alpha value is -0.320. The van der Waals surface area contributed by atoms with Crippen LogP contribution in [0.4, 0.5) is 0 Å². The summed E-state index contributed by atoms with van der Waals surface area (Å²) in [4.78, 5) is 8.69. The van der Waals surface area contributed by atoms with Crippen LogP contribution in [0.2, 0.25) is 0 Å². The highest BCUT2D eigenvalue weighted by Gasteiger charge is 2.07. The minimum absolute atomic E-state index is 0.0421. The molecule has 0 aliphatic heterocycles. The number of nitrogens with two attached hydrogens (primary N) is 2. The highest BCUT2D eigenvalue weighted by atomic mass is 16.6. The van der Waals surface area contributed by atoms with E-state index in [0.29, 0.717) is 19.8 Å². The average Bonchev–Trinajstić information content (AvgIpc) is 2.32. The standard InChI is InChI=1S/C9H22N2O6/c1-13-9(7-17-11)6-15-3-2-14-4-8(12)5-16-10/h8-9,12H,2-7,10-11H2,1H3. The number of hydrogen-bond acceptors (Lipinski definition) is 8. The summed E-state index contributed by atoms with van der Waals surface area (Å²) in [6, 6.07) is 0.